The van der Waals surface area contributed by atoms with Crippen molar-refractivity contribution in [3.63, 3.8) is 0 Å². The largest absolute Gasteiger partial charge is 0.480 e. The van der Waals surface area contributed by atoms with Gasteiger partial charge in [-0.25, -0.2) is 0 Å². The maximum Gasteiger partial charge on any atom is 0.319 e. The van der Waals surface area contributed by atoms with Gasteiger partial charge in [-0.2, -0.15) is 0 Å². The van der Waals surface area contributed by atoms with Crippen LogP contribution in [-0.4, -0.2) is 17.0 Å². The zero-order valence-electron chi connectivity index (χ0n) is 7.69. The third kappa shape index (κ3) is 1.76. The molecule has 0 spiro atoms. The molecule has 1 aromatic rings. The van der Waals surface area contributed by atoms with Crippen molar-refractivity contribution in [1.29, 1.82) is 0 Å². The van der Waals surface area contributed by atoms with Crippen LogP contribution in [0.2, 0.25) is 0 Å². The van der Waals surface area contributed by atoms with Crippen molar-refractivity contribution in [1.82, 2.24) is 0 Å². The quantitative estimate of drug-likeness (QED) is 0.683. The highest BCUT2D eigenvalue weighted by Gasteiger charge is 2.40. The lowest BCUT2D eigenvalue weighted by Gasteiger charge is -2.18. The van der Waals surface area contributed by atoms with Gasteiger partial charge in [0, 0.05) is 6.42 Å². The Morgan fingerprint density at radius 1 is 1.64 bits per heavy atom. The van der Waals surface area contributed by atoms with Gasteiger partial charge >= 0.3 is 5.97 Å². The van der Waals surface area contributed by atoms with Gasteiger partial charge in [0.25, 0.3) is 0 Å². The molecule has 5 heteroatoms. The number of rotatable bonds is 4. The van der Waals surface area contributed by atoms with Gasteiger partial charge in [-0.3, -0.25) is 9.59 Å². The Hall–Kier alpha value is -1.78. The summed E-state index contributed by atoms with van der Waals surface area (Å²) < 4.78 is 4.96. The number of carboxylic acids is 1. The Morgan fingerprint density at radius 2 is 2.29 bits per heavy atom. The molecule has 76 valence electrons. The smallest absolute Gasteiger partial charge is 0.319 e. The SMILES string of the molecule is CC(Cc1ccco1)(C(N)=O)C(=O)O. The van der Waals surface area contributed by atoms with E-state index in [1.54, 1.807) is 12.1 Å². The van der Waals surface area contributed by atoms with E-state index in [1.165, 1.54) is 13.2 Å². The summed E-state index contributed by atoms with van der Waals surface area (Å²) in [5.41, 5.74) is 3.41. The van der Waals surface area contributed by atoms with E-state index < -0.39 is 17.3 Å². The second-order valence-corrected chi connectivity index (χ2v) is 3.26. The fourth-order valence-corrected chi connectivity index (χ4v) is 1.03. The molecule has 0 aromatic carbocycles. The molecule has 0 aliphatic heterocycles. The van der Waals surface area contributed by atoms with Crippen LogP contribution in [0, 0.1) is 5.41 Å². The third-order valence-electron chi connectivity index (χ3n) is 2.12. The van der Waals surface area contributed by atoms with Crippen molar-refractivity contribution in [2.45, 2.75) is 13.3 Å². The van der Waals surface area contributed by atoms with Crippen LogP contribution in [0.15, 0.2) is 22.8 Å². The number of furan rings is 1. The van der Waals surface area contributed by atoms with E-state index in [-0.39, 0.29) is 6.42 Å². The van der Waals surface area contributed by atoms with Crippen LogP contribution in [0.4, 0.5) is 0 Å². The molecule has 1 aromatic heterocycles. The zero-order valence-corrected chi connectivity index (χ0v) is 7.69. The molecule has 1 rings (SSSR count). The molecule has 0 saturated carbocycles. The van der Waals surface area contributed by atoms with Crippen molar-refractivity contribution >= 4 is 11.9 Å². The topological polar surface area (TPSA) is 93.5 Å². The summed E-state index contributed by atoms with van der Waals surface area (Å²) in [5.74, 6) is -1.70. The van der Waals surface area contributed by atoms with E-state index in [2.05, 4.69) is 0 Å². The Balaban J connectivity index is 2.91. The maximum atomic E-state index is 11.0. The van der Waals surface area contributed by atoms with Gasteiger partial charge in [0.1, 0.15) is 11.2 Å². The van der Waals surface area contributed by atoms with Crippen LogP contribution >= 0.6 is 0 Å². The number of hydrogen-bond acceptors (Lipinski definition) is 3. The van der Waals surface area contributed by atoms with E-state index in [1.807, 2.05) is 0 Å². The highest BCUT2D eigenvalue weighted by molar-refractivity contribution is 6.00. The van der Waals surface area contributed by atoms with E-state index >= 15 is 0 Å². The lowest BCUT2D eigenvalue weighted by atomic mass is 9.85. The Kier molecular flexibility index (Phi) is 2.60. The Bertz CT molecular complexity index is 328. The lowest BCUT2D eigenvalue weighted by Crippen LogP contribution is -2.43. The van der Waals surface area contributed by atoms with Gasteiger partial charge in [0.2, 0.25) is 5.91 Å². The minimum absolute atomic E-state index is 0.0370. The molecule has 3 N–H and O–H groups in total. The van der Waals surface area contributed by atoms with Gasteiger partial charge < -0.3 is 15.3 Å². The summed E-state index contributed by atoms with van der Waals surface area (Å²) >= 11 is 0. The summed E-state index contributed by atoms with van der Waals surface area (Å²) in [6.07, 6.45) is 1.38. The van der Waals surface area contributed by atoms with Crippen molar-refractivity contribution in [2.75, 3.05) is 0 Å². The number of carbonyl (C=O) groups excluding carboxylic acids is 1. The van der Waals surface area contributed by atoms with Gasteiger partial charge in [-0.15, -0.1) is 0 Å². The number of aliphatic carboxylic acids is 1. The summed E-state index contributed by atoms with van der Waals surface area (Å²) in [6, 6.07) is 3.22. The van der Waals surface area contributed by atoms with Crippen molar-refractivity contribution < 1.29 is 19.1 Å². The van der Waals surface area contributed by atoms with Crippen LogP contribution in [0.25, 0.3) is 0 Å². The summed E-state index contributed by atoms with van der Waals surface area (Å²) in [5, 5.41) is 8.86. The number of amides is 1. The van der Waals surface area contributed by atoms with Gasteiger partial charge in [-0.1, -0.05) is 0 Å². The first kappa shape index (κ1) is 10.3. The molecule has 1 heterocycles. The predicted molar refractivity (Wildman–Crippen MR) is 47.3 cm³/mol. The van der Waals surface area contributed by atoms with Gasteiger partial charge in [0.15, 0.2) is 0 Å². The molecule has 0 radical (unpaired) electrons. The second-order valence-electron chi connectivity index (χ2n) is 3.26. The van der Waals surface area contributed by atoms with Crippen LogP contribution < -0.4 is 5.73 Å². The van der Waals surface area contributed by atoms with E-state index in [0.717, 1.165) is 0 Å². The molecule has 0 bridgehead atoms. The molecule has 0 fully saturated rings. The molecule has 1 unspecified atom stereocenters. The molecule has 1 amide bonds. The van der Waals surface area contributed by atoms with E-state index in [0.29, 0.717) is 5.76 Å². The summed E-state index contributed by atoms with van der Waals surface area (Å²) in [6.45, 7) is 1.28. The minimum Gasteiger partial charge on any atom is -0.480 e. The number of carboxylic acid groups (broad SMARTS) is 1. The first-order valence-electron chi connectivity index (χ1n) is 4.02. The van der Waals surface area contributed by atoms with E-state index in [9.17, 15) is 9.59 Å². The predicted octanol–water partition coefficient (Wildman–Crippen LogP) is 0.398. The number of hydrogen-bond donors (Lipinski definition) is 2. The maximum absolute atomic E-state index is 11.0. The third-order valence-corrected chi connectivity index (χ3v) is 2.12. The van der Waals surface area contributed by atoms with Crippen molar-refractivity contribution in [3.8, 4) is 0 Å². The van der Waals surface area contributed by atoms with Gasteiger partial charge in [-0.05, 0) is 19.1 Å². The Morgan fingerprint density at radius 3 is 2.64 bits per heavy atom. The van der Waals surface area contributed by atoms with Crippen LogP contribution in [0.5, 0.6) is 0 Å². The molecule has 5 nitrogen and oxygen atoms in total. The van der Waals surface area contributed by atoms with Crippen molar-refractivity contribution in [2.24, 2.45) is 11.1 Å². The average molecular weight is 197 g/mol. The molecular formula is C9H11NO4. The van der Waals surface area contributed by atoms with Crippen LogP contribution in [0.3, 0.4) is 0 Å². The number of primary amides is 1. The minimum atomic E-state index is -1.61. The first-order valence-corrected chi connectivity index (χ1v) is 4.02. The monoisotopic (exact) mass is 197 g/mol. The average Bonchev–Trinajstić information content (AvgIpc) is 2.55. The molecule has 0 aliphatic rings. The highest BCUT2D eigenvalue weighted by Crippen LogP contribution is 2.22. The molecule has 0 aliphatic carbocycles. The van der Waals surface area contributed by atoms with E-state index in [4.69, 9.17) is 15.3 Å². The van der Waals surface area contributed by atoms with Crippen LogP contribution in [0.1, 0.15) is 12.7 Å². The first-order chi connectivity index (χ1) is 6.47. The molecule has 14 heavy (non-hydrogen) atoms. The normalized spacial score (nSPS) is 14.6. The zero-order chi connectivity index (χ0) is 10.8. The standard InChI is InChI=1S/C9H11NO4/c1-9(7(10)11,8(12)13)5-6-3-2-4-14-6/h2-4H,5H2,1H3,(H2,10,11)(H,12,13). The summed E-state index contributed by atoms with van der Waals surface area (Å²) in [7, 11) is 0. The number of nitrogens with two attached hydrogens (primary N) is 1. The molecular weight excluding hydrogens is 186 g/mol. The second kappa shape index (κ2) is 3.53. The highest BCUT2D eigenvalue weighted by atomic mass is 16.4. The fraction of sp³-hybridized carbons (Fsp3) is 0.333. The Labute approximate surface area is 80.5 Å². The molecule has 1 atom stereocenters. The van der Waals surface area contributed by atoms with Gasteiger partial charge in [0.05, 0.1) is 6.26 Å². The number of carbonyl (C=O) groups is 2. The van der Waals surface area contributed by atoms with Crippen LogP contribution in [-0.2, 0) is 16.0 Å². The fourth-order valence-electron chi connectivity index (χ4n) is 1.03. The van der Waals surface area contributed by atoms with Crippen molar-refractivity contribution in [3.05, 3.63) is 24.2 Å². The lowest BCUT2D eigenvalue weighted by molar-refractivity contribution is -0.153. The summed E-state index contributed by atoms with van der Waals surface area (Å²) in [4.78, 5) is 21.8. The molecule has 0 saturated heterocycles.